The number of benzene rings is 1. The van der Waals surface area contributed by atoms with Gasteiger partial charge < -0.3 is 65.0 Å². The lowest BCUT2D eigenvalue weighted by molar-refractivity contribution is -0.143. The summed E-state index contributed by atoms with van der Waals surface area (Å²) < 4.78 is 0. The number of carbonyl (C=O) groups is 6. The minimum Gasteiger partial charge on any atom is -0.508 e. The van der Waals surface area contributed by atoms with Crippen molar-refractivity contribution < 1.29 is 39.0 Å². The number of carbonyl (C=O) groups excluding carboxylic acids is 5. The highest BCUT2D eigenvalue weighted by Crippen LogP contribution is 2.21. The number of nitrogens with one attached hydrogen (secondary N) is 4. The van der Waals surface area contributed by atoms with Crippen LogP contribution in [0.15, 0.2) is 34.3 Å². The van der Waals surface area contributed by atoms with E-state index in [9.17, 15) is 39.0 Å². The lowest BCUT2D eigenvalue weighted by atomic mass is 9.96. The molecule has 1 fully saturated rings. The Morgan fingerprint density at radius 1 is 0.810 bits per heavy atom. The zero-order valence-corrected chi connectivity index (χ0v) is 34.0. The van der Waals surface area contributed by atoms with Crippen molar-refractivity contribution in [3.8, 4) is 5.75 Å². The molecule has 20 nitrogen and oxygen atoms in total. The smallest absolute Gasteiger partial charge is 0.326 e. The van der Waals surface area contributed by atoms with Crippen LogP contribution in [0.1, 0.15) is 84.6 Å². The number of guanidine groups is 2. The maximum atomic E-state index is 14.1. The van der Waals surface area contributed by atoms with E-state index in [1.165, 1.54) is 17.0 Å². The van der Waals surface area contributed by atoms with Crippen LogP contribution in [0.4, 0.5) is 0 Å². The van der Waals surface area contributed by atoms with Crippen molar-refractivity contribution in [2.75, 3.05) is 19.6 Å². The van der Waals surface area contributed by atoms with Gasteiger partial charge in [0, 0.05) is 26.1 Å². The third-order valence-corrected chi connectivity index (χ3v) is 9.83. The van der Waals surface area contributed by atoms with Gasteiger partial charge in [-0.25, -0.2) is 4.79 Å². The molecule has 0 aromatic heterocycles. The molecule has 324 valence electrons. The summed E-state index contributed by atoms with van der Waals surface area (Å²) in [6.45, 7) is 7.84. The fourth-order valence-corrected chi connectivity index (χ4v) is 6.45. The summed E-state index contributed by atoms with van der Waals surface area (Å²) in [5, 5.41) is 30.4. The van der Waals surface area contributed by atoms with Crippen LogP contribution in [0.5, 0.6) is 5.75 Å². The summed E-state index contributed by atoms with van der Waals surface area (Å²) in [4.78, 5) is 90.1. The molecule has 1 aliphatic rings. The summed E-state index contributed by atoms with van der Waals surface area (Å²) in [6.07, 6.45) is 2.36. The molecule has 7 atom stereocenters. The van der Waals surface area contributed by atoms with Crippen LogP contribution < -0.4 is 49.9 Å². The minimum absolute atomic E-state index is 0.0105. The normalized spacial score (nSPS) is 16.8. The lowest BCUT2D eigenvalue weighted by Gasteiger charge is -2.31. The first-order valence-corrected chi connectivity index (χ1v) is 19.7. The van der Waals surface area contributed by atoms with Gasteiger partial charge in [0.15, 0.2) is 11.9 Å². The number of aliphatic imine (C=N–C) groups is 2. The van der Waals surface area contributed by atoms with Crippen molar-refractivity contribution in [3.05, 3.63) is 29.8 Å². The molecule has 20 heteroatoms. The number of hydrogen-bond donors (Lipinski definition) is 11. The third-order valence-electron chi connectivity index (χ3n) is 9.83. The average Bonchev–Trinajstić information content (AvgIpc) is 3.66. The number of carboxylic acid groups (broad SMARTS) is 1. The quantitative estimate of drug-likeness (QED) is 0.0321. The molecular weight excluding hydrogens is 752 g/mol. The van der Waals surface area contributed by atoms with E-state index in [0.29, 0.717) is 31.2 Å². The van der Waals surface area contributed by atoms with Crippen molar-refractivity contribution in [1.29, 1.82) is 0 Å². The van der Waals surface area contributed by atoms with Gasteiger partial charge in [-0.2, -0.15) is 0 Å². The summed E-state index contributed by atoms with van der Waals surface area (Å²) in [5.41, 5.74) is 28.3. The van der Waals surface area contributed by atoms with Crippen molar-refractivity contribution in [3.63, 3.8) is 0 Å². The van der Waals surface area contributed by atoms with Crippen molar-refractivity contribution in [2.24, 2.45) is 50.5 Å². The van der Waals surface area contributed by atoms with Crippen LogP contribution in [0, 0.1) is 11.8 Å². The Balaban J connectivity index is 2.36. The molecule has 1 aromatic rings. The van der Waals surface area contributed by atoms with E-state index in [2.05, 4.69) is 31.3 Å². The number of aliphatic carboxylic acids is 1. The minimum atomic E-state index is -1.26. The van der Waals surface area contributed by atoms with Gasteiger partial charge in [-0.3, -0.25) is 34.0 Å². The van der Waals surface area contributed by atoms with Gasteiger partial charge in [0.25, 0.3) is 0 Å². The molecule has 0 bridgehead atoms. The van der Waals surface area contributed by atoms with Crippen LogP contribution >= 0.6 is 0 Å². The predicted octanol–water partition coefficient (Wildman–Crippen LogP) is -1.52. The first-order chi connectivity index (χ1) is 27.3. The molecular formula is C38H64N12O8. The molecule has 5 amide bonds. The molecule has 1 aromatic carbocycles. The van der Waals surface area contributed by atoms with E-state index in [1.807, 2.05) is 20.8 Å². The Morgan fingerprint density at radius 2 is 1.40 bits per heavy atom. The third kappa shape index (κ3) is 16.4. The monoisotopic (exact) mass is 816 g/mol. The molecule has 1 unspecified atom stereocenters. The Labute approximate surface area is 339 Å². The number of likely N-dealkylation sites (tertiary alicyclic amines) is 1. The SMILES string of the molecule is CCC(C)[C@H](NC(=O)[C@H](Cc1ccc(O)cc1)NC(=O)[C@@H]1CCCN1C(=O)[C@H](CCCN=C(N)N)NC(=O)[C@@H](N)CCCN=C(N)N)C(=O)N[C@@H](CC(C)C)C(=O)O. The lowest BCUT2D eigenvalue weighted by Crippen LogP contribution is -2.60. The number of hydrogen-bond acceptors (Lipinski definition) is 10. The van der Waals surface area contributed by atoms with Gasteiger partial charge >= 0.3 is 5.97 Å². The van der Waals surface area contributed by atoms with Gasteiger partial charge in [-0.15, -0.1) is 0 Å². The molecule has 58 heavy (non-hydrogen) atoms. The van der Waals surface area contributed by atoms with Crippen LogP contribution in [0.25, 0.3) is 0 Å². The Bertz CT molecular complexity index is 1600. The zero-order valence-electron chi connectivity index (χ0n) is 34.0. The molecule has 0 spiro atoms. The Kier molecular flexibility index (Phi) is 20.2. The average molecular weight is 817 g/mol. The van der Waals surface area contributed by atoms with Gasteiger partial charge in [0.05, 0.1) is 6.04 Å². The van der Waals surface area contributed by atoms with Crippen LogP contribution in [0.3, 0.4) is 0 Å². The largest absolute Gasteiger partial charge is 0.508 e. The highest BCUT2D eigenvalue weighted by Gasteiger charge is 2.40. The van der Waals surface area contributed by atoms with Crippen molar-refractivity contribution in [1.82, 2.24) is 26.2 Å². The maximum Gasteiger partial charge on any atom is 0.326 e. The maximum absolute atomic E-state index is 14.1. The van der Waals surface area contributed by atoms with Gasteiger partial charge in [-0.05, 0) is 74.5 Å². The van der Waals surface area contributed by atoms with Gasteiger partial charge in [-0.1, -0.05) is 46.2 Å². The number of carboxylic acids is 1. The first kappa shape index (κ1) is 48.5. The van der Waals surface area contributed by atoms with E-state index >= 15 is 0 Å². The number of nitrogens with two attached hydrogens (primary N) is 5. The van der Waals surface area contributed by atoms with E-state index in [1.54, 1.807) is 19.1 Å². The predicted molar refractivity (Wildman–Crippen MR) is 219 cm³/mol. The molecule has 0 radical (unpaired) electrons. The fraction of sp³-hybridized carbons (Fsp3) is 0.632. The summed E-state index contributed by atoms with van der Waals surface area (Å²) in [7, 11) is 0. The van der Waals surface area contributed by atoms with E-state index in [4.69, 9.17) is 28.7 Å². The number of phenolic OH excluding ortho intramolecular Hbond substituents is 1. The zero-order chi connectivity index (χ0) is 43.5. The number of amides is 5. The standard InChI is InChI=1S/C38H64N12O8/c1-5-22(4)30(34(55)48-28(36(57)58)19-21(2)3)49-32(53)27(20-23-12-14-24(51)15-13-23)47-33(54)29-11-8-18-50(29)35(56)26(10-7-17-45-38(42)43)46-31(52)25(39)9-6-16-44-37(40)41/h12-15,21-22,25-30,51H,5-11,16-20,39H2,1-4H3,(H,46,52)(H,47,54)(H,48,55)(H,49,53)(H,57,58)(H4,40,41,44)(H4,42,43,45)/t22?,25-,26-,27-,28-,29-,30-/m0/s1. The molecule has 1 saturated heterocycles. The second kappa shape index (κ2) is 24.2. The van der Waals surface area contributed by atoms with E-state index in [0.717, 1.165) is 0 Å². The van der Waals surface area contributed by atoms with Gasteiger partial charge in [0.2, 0.25) is 29.5 Å². The second-order valence-electron chi connectivity index (χ2n) is 15.1. The van der Waals surface area contributed by atoms with Crippen molar-refractivity contribution >= 4 is 47.4 Å². The molecule has 0 saturated carbocycles. The Hall–Kier alpha value is -5.66. The fourth-order valence-electron chi connectivity index (χ4n) is 6.45. The first-order valence-electron chi connectivity index (χ1n) is 19.7. The highest BCUT2D eigenvalue weighted by atomic mass is 16.4. The van der Waals surface area contributed by atoms with Crippen molar-refractivity contribution in [2.45, 2.75) is 122 Å². The summed E-state index contributed by atoms with van der Waals surface area (Å²) in [6, 6.07) is -0.652. The van der Waals surface area contributed by atoms with Crippen LogP contribution in [-0.4, -0.2) is 118 Å². The molecule has 1 aliphatic heterocycles. The highest BCUT2D eigenvalue weighted by molar-refractivity contribution is 5.96. The van der Waals surface area contributed by atoms with E-state index < -0.39 is 77.7 Å². The molecule has 16 N–H and O–H groups in total. The molecule has 2 rings (SSSR count). The van der Waals surface area contributed by atoms with E-state index in [-0.39, 0.29) is 75.3 Å². The number of aromatic hydroxyl groups is 1. The molecule has 1 heterocycles. The second-order valence-corrected chi connectivity index (χ2v) is 15.1. The molecule has 0 aliphatic carbocycles. The summed E-state index contributed by atoms with van der Waals surface area (Å²) in [5.74, 6) is -5.06. The Morgan fingerprint density at radius 3 is 1.95 bits per heavy atom. The number of nitrogens with zero attached hydrogens (tertiary/aromatic N) is 3. The topological polar surface area (TPSA) is 349 Å². The van der Waals surface area contributed by atoms with Crippen LogP contribution in [-0.2, 0) is 35.2 Å². The van der Waals surface area contributed by atoms with Crippen LogP contribution in [0.2, 0.25) is 0 Å². The number of rotatable bonds is 24. The summed E-state index contributed by atoms with van der Waals surface area (Å²) >= 11 is 0. The van der Waals surface area contributed by atoms with Gasteiger partial charge in [0.1, 0.15) is 36.0 Å². The number of phenols is 1.